The average molecular weight is 339 g/mol. The number of rotatable bonds is 5. The van der Waals surface area contributed by atoms with E-state index in [0.29, 0.717) is 5.92 Å². The first-order valence-corrected chi connectivity index (χ1v) is 8.37. The third-order valence-electron chi connectivity index (χ3n) is 4.84. The predicted octanol–water partition coefficient (Wildman–Crippen LogP) is 5.25. The molecular formula is C17H23BrO2. The normalized spacial score (nSPS) is 17.6. The molecule has 0 aliphatic heterocycles. The van der Waals surface area contributed by atoms with Crippen molar-refractivity contribution in [3.05, 3.63) is 33.8 Å². The Balaban J connectivity index is 2.40. The van der Waals surface area contributed by atoms with Gasteiger partial charge >= 0.3 is 5.97 Å². The van der Waals surface area contributed by atoms with Crippen molar-refractivity contribution in [2.45, 2.75) is 63.7 Å². The van der Waals surface area contributed by atoms with E-state index in [0.717, 1.165) is 48.6 Å². The quantitative estimate of drug-likeness (QED) is 0.796. The van der Waals surface area contributed by atoms with Gasteiger partial charge in [0.15, 0.2) is 0 Å². The summed E-state index contributed by atoms with van der Waals surface area (Å²) in [6.07, 6.45) is 5.77. The highest BCUT2D eigenvalue weighted by molar-refractivity contribution is 9.10. The Labute approximate surface area is 129 Å². The zero-order valence-corrected chi connectivity index (χ0v) is 13.9. The molecule has 0 atom stereocenters. The number of benzene rings is 1. The maximum absolute atomic E-state index is 11.8. The van der Waals surface area contributed by atoms with Gasteiger partial charge in [-0.25, -0.2) is 0 Å². The van der Waals surface area contributed by atoms with Crippen LogP contribution in [0.1, 0.15) is 69.4 Å². The van der Waals surface area contributed by atoms with Gasteiger partial charge in [0.2, 0.25) is 0 Å². The van der Waals surface area contributed by atoms with Gasteiger partial charge in [-0.15, -0.1) is 0 Å². The number of carbonyl (C=O) groups is 1. The summed E-state index contributed by atoms with van der Waals surface area (Å²) in [5, 5.41) is 9.66. The van der Waals surface area contributed by atoms with Crippen LogP contribution in [0.5, 0.6) is 0 Å². The topological polar surface area (TPSA) is 37.3 Å². The van der Waals surface area contributed by atoms with E-state index in [2.05, 4.69) is 35.8 Å². The molecule has 0 saturated heterocycles. The van der Waals surface area contributed by atoms with E-state index in [4.69, 9.17) is 0 Å². The molecular weight excluding hydrogens is 316 g/mol. The van der Waals surface area contributed by atoms with Crippen molar-refractivity contribution in [3.8, 4) is 0 Å². The number of aliphatic carboxylic acids is 1. The minimum absolute atomic E-state index is 0.544. The van der Waals surface area contributed by atoms with Crippen molar-refractivity contribution in [3.63, 3.8) is 0 Å². The van der Waals surface area contributed by atoms with Crippen LogP contribution in [0, 0.1) is 0 Å². The van der Waals surface area contributed by atoms with Gasteiger partial charge in [-0.05, 0) is 48.8 Å². The SMILES string of the molecule is CCC(CC)c1ccc(C2(C(=O)O)CCCC2)cc1Br. The van der Waals surface area contributed by atoms with E-state index in [9.17, 15) is 9.90 Å². The Kier molecular flexibility index (Phi) is 4.90. The number of hydrogen-bond acceptors (Lipinski definition) is 1. The van der Waals surface area contributed by atoms with Crippen molar-refractivity contribution >= 4 is 21.9 Å². The highest BCUT2D eigenvalue weighted by atomic mass is 79.9. The second kappa shape index (κ2) is 6.30. The van der Waals surface area contributed by atoms with Crippen LogP contribution in [0.2, 0.25) is 0 Å². The van der Waals surface area contributed by atoms with E-state index in [1.165, 1.54) is 5.56 Å². The highest BCUT2D eigenvalue weighted by Gasteiger charge is 2.43. The van der Waals surface area contributed by atoms with E-state index >= 15 is 0 Å². The fraction of sp³-hybridized carbons (Fsp3) is 0.588. The molecule has 0 bridgehead atoms. The molecule has 2 nitrogen and oxygen atoms in total. The van der Waals surface area contributed by atoms with Crippen LogP contribution in [0.15, 0.2) is 22.7 Å². The standard InChI is InChI=1S/C17H23BrO2/c1-3-12(4-2)14-8-7-13(11-15(14)18)17(16(19)20)9-5-6-10-17/h7-8,11-12H,3-6,9-10H2,1-2H3,(H,19,20). The van der Waals surface area contributed by atoms with Gasteiger partial charge < -0.3 is 5.11 Å². The Morgan fingerprint density at radius 1 is 1.30 bits per heavy atom. The molecule has 0 amide bonds. The molecule has 1 saturated carbocycles. The van der Waals surface area contributed by atoms with E-state index in [1.54, 1.807) is 0 Å². The third-order valence-corrected chi connectivity index (χ3v) is 5.53. The third kappa shape index (κ3) is 2.65. The van der Waals surface area contributed by atoms with Crippen LogP contribution < -0.4 is 0 Å². The van der Waals surface area contributed by atoms with Crippen LogP contribution in [-0.2, 0) is 10.2 Å². The molecule has 0 radical (unpaired) electrons. The lowest BCUT2D eigenvalue weighted by atomic mass is 9.78. The Morgan fingerprint density at radius 2 is 1.90 bits per heavy atom. The molecule has 0 aromatic heterocycles. The molecule has 1 aromatic rings. The average Bonchev–Trinajstić information content (AvgIpc) is 2.92. The minimum atomic E-state index is -0.669. The maximum atomic E-state index is 11.8. The fourth-order valence-electron chi connectivity index (χ4n) is 3.49. The van der Waals surface area contributed by atoms with Crippen LogP contribution in [0.4, 0.5) is 0 Å². The van der Waals surface area contributed by atoms with Gasteiger partial charge in [0.1, 0.15) is 0 Å². The van der Waals surface area contributed by atoms with Crippen molar-refractivity contribution < 1.29 is 9.90 Å². The van der Waals surface area contributed by atoms with Gasteiger partial charge in [0, 0.05) is 4.47 Å². The lowest BCUT2D eigenvalue weighted by Crippen LogP contribution is -2.32. The lowest BCUT2D eigenvalue weighted by Gasteiger charge is -2.26. The number of carboxylic acids is 1. The van der Waals surface area contributed by atoms with Crippen LogP contribution in [0.3, 0.4) is 0 Å². The first-order valence-electron chi connectivity index (χ1n) is 7.58. The number of carboxylic acid groups (broad SMARTS) is 1. The van der Waals surface area contributed by atoms with Crippen LogP contribution in [-0.4, -0.2) is 11.1 Å². The smallest absolute Gasteiger partial charge is 0.314 e. The van der Waals surface area contributed by atoms with Crippen molar-refractivity contribution in [1.82, 2.24) is 0 Å². The lowest BCUT2D eigenvalue weighted by molar-refractivity contribution is -0.143. The molecule has 0 heterocycles. The fourth-order valence-corrected chi connectivity index (χ4v) is 4.19. The van der Waals surface area contributed by atoms with Gasteiger partial charge in [-0.2, -0.15) is 0 Å². The number of hydrogen-bond donors (Lipinski definition) is 1. The molecule has 1 aromatic carbocycles. The highest BCUT2D eigenvalue weighted by Crippen LogP contribution is 2.43. The second-order valence-electron chi connectivity index (χ2n) is 5.84. The molecule has 0 unspecified atom stereocenters. The molecule has 20 heavy (non-hydrogen) atoms. The summed E-state index contributed by atoms with van der Waals surface area (Å²) in [4.78, 5) is 11.8. The summed E-state index contributed by atoms with van der Waals surface area (Å²) in [5.41, 5.74) is 1.61. The molecule has 3 heteroatoms. The van der Waals surface area contributed by atoms with Crippen molar-refractivity contribution in [1.29, 1.82) is 0 Å². The Bertz CT molecular complexity index is 486. The maximum Gasteiger partial charge on any atom is 0.314 e. The minimum Gasteiger partial charge on any atom is -0.481 e. The summed E-state index contributed by atoms with van der Waals surface area (Å²) in [5.74, 6) is -0.125. The van der Waals surface area contributed by atoms with Gasteiger partial charge in [0.05, 0.1) is 5.41 Å². The molecule has 0 spiro atoms. The van der Waals surface area contributed by atoms with Crippen molar-refractivity contribution in [2.75, 3.05) is 0 Å². The molecule has 1 N–H and O–H groups in total. The summed E-state index contributed by atoms with van der Waals surface area (Å²) >= 11 is 3.66. The van der Waals surface area contributed by atoms with E-state index in [-0.39, 0.29) is 0 Å². The van der Waals surface area contributed by atoms with Crippen LogP contribution in [0.25, 0.3) is 0 Å². The van der Waals surface area contributed by atoms with Gasteiger partial charge in [-0.3, -0.25) is 4.79 Å². The van der Waals surface area contributed by atoms with Gasteiger partial charge in [0.25, 0.3) is 0 Å². The molecule has 2 rings (SSSR count). The Hall–Kier alpha value is -0.830. The van der Waals surface area contributed by atoms with E-state index in [1.807, 2.05) is 12.1 Å². The molecule has 1 aliphatic carbocycles. The number of halogens is 1. The molecule has 1 aliphatic rings. The van der Waals surface area contributed by atoms with Gasteiger partial charge in [-0.1, -0.05) is 54.8 Å². The predicted molar refractivity (Wildman–Crippen MR) is 85.2 cm³/mol. The zero-order chi connectivity index (χ0) is 14.8. The summed E-state index contributed by atoms with van der Waals surface area (Å²) < 4.78 is 1.07. The monoisotopic (exact) mass is 338 g/mol. The largest absolute Gasteiger partial charge is 0.481 e. The Morgan fingerprint density at radius 3 is 2.35 bits per heavy atom. The summed E-state index contributed by atoms with van der Waals surface area (Å²) in [6, 6.07) is 6.21. The molecule has 1 fully saturated rings. The zero-order valence-electron chi connectivity index (χ0n) is 12.3. The summed E-state index contributed by atoms with van der Waals surface area (Å²) in [6.45, 7) is 4.40. The first-order chi connectivity index (χ1) is 9.55. The van der Waals surface area contributed by atoms with E-state index < -0.39 is 11.4 Å². The van der Waals surface area contributed by atoms with Crippen molar-refractivity contribution in [2.24, 2.45) is 0 Å². The summed E-state index contributed by atoms with van der Waals surface area (Å²) in [7, 11) is 0. The second-order valence-corrected chi connectivity index (χ2v) is 6.70. The first kappa shape index (κ1) is 15.6. The van der Waals surface area contributed by atoms with Crippen LogP contribution >= 0.6 is 15.9 Å². The molecule has 110 valence electrons.